The van der Waals surface area contributed by atoms with Crippen molar-refractivity contribution in [2.45, 2.75) is 32.4 Å². The van der Waals surface area contributed by atoms with Gasteiger partial charge in [0.2, 0.25) is 0 Å². The number of hydrogen-bond donors (Lipinski definition) is 2. The number of rotatable bonds is 3. The van der Waals surface area contributed by atoms with Crippen molar-refractivity contribution < 1.29 is 9.50 Å². The van der Waals surface area contributed by atoms with Crippen molar-refractivity contribution in [2.75, 3.05) is 0 Å². The molecule has 1 aromatic rings. The molecule has 0 saturated carbocycles. The van der Waals surface area contributed by atoms with Crippen molar-refractivity contribution in [2.24, 2.45) is 5.73 Å². The Morgan fingerprint density at radius 2 is 2.07 bits per heavy atom. The zero-order chi connectivity index (χ0) is 10.8. The highest BCUT2D eigenvalue weighted by molar-refractivity contribution is 5.25. The third-order valence-electron chi connectivity index (χ3n) is 1.94. The predicted molar refractivity (Wildman–Crippen MR) is 54.3 cm³/mol. The standard InChI is InChI=1S/C11H16FNO/c1-11(2,13)6-8-3-4-10(12)9(5-8)7-14/h3-5,14H,6-7,13H2,1-2H3. The quantitative estimate of drug-likeness (QED) is 0.773. The number of aliphatic hydroxyl groups is 1. The summed E-state index contributed by atoms with van der Waals surface area (Å²) in [6.07, 6.45) is 0.667. The maximum absolute atomic E-state index is 13.0. The van der Waals surface area contributed by atoms with Crippen LogP contribution >= 0.6 is 0 Å². The molecule has 0 amide bonds. The van der Waals surface area contributed by atoms with E-state index in [0.717, 1.165) is 5.56 Å². The van der Waals surface area contributed by atoms with E-state index in [1.807, 2.05) is 13.8 Å². The predicted octanol–water partition coefficient (Wildman–Crippen LogP) is 1.60. The third-order valence-corrected chi connectivity index (χ3v) is 1.94. The molecule has 0 unspecified atom stereocenters. The smallest absolute Gasteiger partial charge is 0.128 e. The molecule has 0 aliphatic heterocycles. The molecule has 3 N–H and O–H groups in total. The average Bonchev–Trinajstić information content (AvgIpc) is 2.06. The summed E-state index contributed by atoms with van der Waals surface area (Å²) in [4.78, 5) is 0. The van der Waals surface area contributed by atoms with Gasteiger partial charge in [-0.2, -0.15) is 0 Å². The van der Waals surface area contributed by atoms with Crippen molar-refractivity contribution in [1.29, 1.82) is 0 Å². The van der Waals surface area contributed by atoms with Gasteiger partial charge in [-0.15, -0.1) is 0 Å². The van der Waals surface area contributed by atoms with Crippen LogP contribution in [-0.4, -0.2) is 10.6 Å². The molecule has 2 nitrogen and oxygen atoms in total. The Balaban J connectivity index is 2.90. The first-order valence-corrected chi connectivity index (χ1v) is 4.59. The van der Waals surface area contributed by atoms with Crippen molar-refractivity contribution >= 4 is 0 Å². The molecule has 0 bridgehead atoms. The van der Waals surface area contributed by atoms with Crippen LogP contribution in [0.3, 0.4) is 0 Å². The van der Waals surface area contributed by atoms with Crippen LogP contribution in [0.1, 0.15) is 25.0 Å². The summed E-state index contributed by atoms with van der Waals surface area (Å²) in [6, 6.07) is 4.72. The lowest BCUT2D eigenvalue weighted by Gasteiger charge is -2.18. The highest BCUT2D eigenvalue weighted by Crippen LogP contribution is 2.14. The monoisotopic (exact) mass is 197 g/mol. The Morgan fingerprint density at radius 1 is 1.43 bits per heavy atom. The highest BCUT2D eigenvalue weighted by Gasteiger charge is 2.12. The fourth-order valence-corrected chi connectivity index (χ4v) is 1.39. The van der Waals surface area contributed by atoms with Gasteiger partial charge in [-0.1, -0.05) is 12.1 Å². The normalized spacial score (nSPS) is 11.8. The molecular weight excluding hydrogens is 181 g/mol. The minimum atomic E-state index is -0.369. The Labute approximate surface area is 83.6 Å². The fraction of sp³-hybridized carbons (Fsp3) is 0.455. The summed E-state index contributed by atoms with van der Waals surface area (Å²) >= 11 is 0. The van der Waals surface area contributed by atoms with E-state index in [-0.39, 0.29) is 18.0 Å². The van der Waals surface area contributed by atoms with E-state index in [1.54, 1.807) is 12.1 Å². The maximum Gasteiger partial charge on any atom is 0.128 e. The van der Waals surface area contributed by atoms with Crippen LogP contribution in [0.5, 0.6) is 0 Å². The van der Waals surface area contributed by atoms with Gasteiger partial charge in [-0.3, -0.25) is 0 Å². The third kappa shape index (κ3) is 3.09. The Morgan fingerprint density at radius 3 is 2.57 bits per heavy atom. The van der Waals surface area contributed by atoms with Crippen molar-refractivity contribution in [1.82, 2.24) is 0 Å². The van der Waals surface area contributed by atoms with Crippen LogP contribution in [0.4, 0.5) is 4.39 Å². The van der Waals surface area contributed by atoms with E-state index >= 15 is 0 Å². The van der Waals surface area contributed by atoms with Gasteiger partial charge in [-0.25, -0.2) is 4.39 Å². The topological polar surface area (TPSA) is 46.2 Å². The molecule has 0 saturated heterocycles. The van der Waals surface area contributed by atoms with E-state index in [0.29, 0.717) is 12.0 Å². The molecular formula is C11H16FNO. The molecule has 1 aromatic carbocycles. The largest absolute Gasteiger partial charge is 0.392 e. The van der Waals surface area contributed by atoms with Gasteiger partial charge < -0.3 is 10.8 Å². The number of halogens is 1. The molecule has 1 rings (SSSR count). The molecule has 0 aromatic heterocycles. The summed E-state index contributed by atoms with van der Waals surface area (Å²) in [5, 5.41) is 8.87. The van der Waals surface area contributed by atoms with Gasteiger partial charge in [0.1, 0.15) is 5.82 Å². The summed E-state index contributed by atoms with van der Waals surface area (Å²) in [5.41, 5.74) is 6.80. The van der Waals surface area contributed by atoms with Gasteiger partial charge in [-0.05, 0) is 31.9 Å². The van der Waals surface area contributed by atoms with Crippen molar-refractivity contribution in [3.63, 3.8) is 0 Å². The average molecular weight is 197 g/mol. The van der Waals surface area contributed by atoms with Crippen LogP contribution in [0.25, 0.3) is 0 Å². The molecule has 3 heteroatoms. The summed E-state index contributed by atoms with van der Waals surface area (Å²) in [5.74, 6) is -0.369. The number of nitrogens with two attached hydrogens (primary N) is 1. The zero-order valence-electron chi connectivity index (χ0n) is 8.55. The lowest BCUT2D eigenvalue weighted by Crippen LogP contribution is -2.34. The van der Waals surface area contributed by atoms with Crippen LogP contribution in [-0.2, 0) is 13.0 Å². The van der Waals surface area contributed by atoms with Gasteiger partial charge >= 0.3 is 0 Å². The van der Waals surface area contributed by atoms with Crippen LogP contribution in [0, 0.1) is 5.82 Å². The van der Waals surface area contributed by atoms with E-state index in [9.17, 15) is 4.39 Å². The fourth-order valence-electron chi connectivity index (χ4n) is 1.39. The SMILES string of the molecule is CC(C)(N)Cc1ccc(F)c(CO)c1. The van der Waals surface area contributed by atoms with Gasteiger partial charge in [0, 0.05) is 11.1 Å². The van der Waals surface area contributed by atoms with Gasteiger partial charge in [0.15, 0.2) is 0 Å². The van der Waals surface area contributed by atoms with Crippen LogP contribution < -0.4 is 5.73 Å². The van der Waals surface area contributed by atoms with Crippen LogP contribution in [0.15, 0.2) is 18.2 Å². The zero-order valence-corrected chi connectivity index (χ0v) is 8.55. The lowest BCUT2D eigenvalue weighted by molar-refractivity contribution is 0.275. The van der Waals surface area contributed by atoms with Gasteiger partial charge in [0.05, 0.1) is 6.61 Å². The Kier molecular flexibility index (Phi) is 3.24. The first-order chi connectivity index (χ1) is 6.42. The Hall–Kier alpha value is -0.930. The molecule has 14 heavy (non-hydrogen) atoms. The number of benzene rings is 1. The molecule has 0 aliphatic carbocycles. The summed E-state index contributed by atoms with van der Waals surface area (Å²) < 4.78 is 13.0. The summed E-state index contributed by atoms with van der Waals surface area (Å²) in [6.45, 7) is 3.55. The van der Waals surface area contributed by atoms with E-state index < -0.39 is 0 Å². The molecule has 0 radical (unpaired) electrons. The molecule has 0 spiro atoms. The number of aliphatic hydroxyl groups excluding tert-OH is 1. The first kappa shape index (κ1) is 11.1. The lowest BCUT2D eigenvalue weighted by atomic mass is 9.95. The minimum Gasteiger partial charge on any atom is -0.392 e. The van der Waals surface area contributed by atoms with Crippen molar-refractivity contribution in [3.05, 3.63) is 35.1 Å². The maximum atomic E-state index is 13.0. The molecule has 0 heterocycles. The highest BCUT2D eigenvalue weighted by atomic mass is 19.1. The van der Waals surface area contributed by atoms with E-state index in [2.05, 4.69) is 0 Å². The first-order valence-electron chi connectivity index (χ1n) is 4.59. The molecule has 78 valence electrons. The van der Waals surface area contributed by atoms with E-state index in [1.165, 1.54) is 6.07 Å². The second-order valence-electron chi connectivity index (χ2n) is 4.25. The van der Waals surface area contributed by atoms with Crippen LogP contribution in [0.2, 0.25) is 0 Å². The molecule has 0 aliphatic rings. The Bertz CT molecular complexity index is 318. The minimum absolute atomic E-state index is 0.273. The number of hydrogen-bond acceptors (Lipinski definition) is 2. The molecule has 0 fully saturated rings. The van der Waals surface area contributed by atoms with E-state index in [4.69, 9.17) is 10.8 Å². The van der Waals surface area contributed by atoms with Gasteiger partial charge in [0.25, 0.3) is 0 Å². The molecule has 0 atom stereocenters. The second-order valence-corrected chi connectivity index (χ2v) is 4.25. The summed E-state index contributed by atoms with van der Waals surface area (Å²) in [7, 11) is 0. The second kappa shape index (κ2) is 4.07. The van der Waals surface area contributed by atoms with Crippen molar-refractivity contribution in [3.8, 4) is 0 Å².